The van der Waals surface area contributed by atoms with Crippen LogP contribution in [0.15, 0.2) is 0 Å². The van der Waals surface area contributed by atoms with Crippen LogP contribution in [-0.2, 0) is 9.59 Å². The Labute approximate surface area is 238 Å². The van der Waals surface area contributed by atoms with Crippen LogP contribution in [0.1, 0.15) is 160 Å². The molecule has 3 aliphatic carbocycles. The maximum atomic E-state index is 12.3. The van der Waals surface area contributed by atoms with E-state index in [0.717, 1.165) is 31.3 Å². The zero-order chi connectivity index (χ0) is 31.2. The molecule has 0 aromatic heterocycles. The molecule has 222 valence electrons. The summed E-state index contributed by atoms with van der Waals surface area (Å²) in [6.45, 7) is 2.09. The quantitative estimate of drug-likeness (QED) is 0.158. The molecule has 0 aliphatic heterocycles. The van der Waals surface area contributed by atoms with E-state index in [4.69, 9.17) is 10.6 Å². The van der Waals surface area contributed by atoms with Crippen molar-refractivity contribution in [1.29, 1.82) is 0 Å². The van der Waals surface area contributed by atoms with Gasteiger partial charge in [-0.25, -0.2) is 0 Å². The molecule has 0 amide bonds. The Morgan fingerprint density at radius 1 is 0.921 bits per heavy atom. The molecule has 0 radical (unpaired) electrons. The summed E-state index contributed by atoms with van der Waals surface area (Å²) in [4.78, 5) is 23.1. The number of carbonyl (C=O) groups is 2. The number of hydrogen-bond acceptors (Lipinski definition) is 5. The van der Waals surface area contributed by atoms with E-state index in [2.05, 4.69) is 12.2 Å². The summed E-state index contributed by atoms with van der Waals surface area (Å²) in [7, 11) is 0. The molecule has 3 fully saturated rings. The van der Waals surface area contributed by atoms with Crippen molar-refractivity contribution in [1.82, 2.24) is 5.32 Å². The molecule has 3 saturated carbocycles. The van der Waals surface area contributed by atoms with Crippen molar-refractivity contribution in [3.8, 4) is 0 Å². The van der Waals surface area contributed by atoms with E-state index in [-0.39, 0.29) is 31.0 Å². The first kappa shape index (κ1) is 27.2. The molecule has 0 spiro atoms. The van der Waals surface area contributed by atoms with Gasteiger partial charge in [0.05, 0.1) is 12.2 Å². The van der Waals surface area contributed by atoms with E-state index in [1.54, 1.807) is 0 Å². The maximum Gasteiger partial charge on any atom is 0.303 e. The number of aliphatic carboxylic acids is 1. The van der Waals surface area contributed by atoms with Gasteiger partial charge in [0.15, 0.2) is 0 Å². The van der Waals surface area contributed by atoms with Crippen molar-refractivity contribution < 1.29 is 30.4 Å². The van der Waals surface area contributed by atoms with Gasteiger partial charge in [0.2, 0.25) is 0 Å². The highest BCUT2D eigenvalue weighted by molar-refractivity contribution is 5.84. The van der Waals surface area contributed by atoms with Crippen molar-refractivity contribution in [2.75, 3.05) is 0 Å². The number of unbranched alkanes of at least 4 members (excludes halogenated alkanes) is 2. The number of aliphatic hydroxyl groups is 2. The van der Waals surface area contributed by atoms with Crippen molar-refractivity contribution in [3.05, 3.63) is 0 Å². The molecular formula is C32H59NO5. The van der Waals surface area contributed by atoms with Crippen LogP contribution in [0.4, 0.5) is 0 Å². The lowest BCUT2D eigenvalue weighted by Gasteiger charge is -2.30. The fourth-order valence-corrected chi connectivity index (χ4v) is 6.45. The average molecular weight is 542 g/mol. The lowest BCUT2D eigenvalue weighted by molar-refractivity contribution is -0.137. The third-order valence-corrected chi connectivity index (χ3v) is 8.67. The molecule has 0 aromatic rings. The number of carboxylic acids is 1. The Hall–Kier alpha value is -0.980. The molecule has 4 N–H and O–H groups in total. The average Bonchev–Trinajstić information content (AvgIpc) is 3.20. The predicted octanol–water partition coefficient (Wildman–Crippen LogP) is 6.94. The first-order chi connectivity index (χ1) is 19.9. The van der Waals surface area contributed by atoms with Gasteiger partial charge in [-0.05, 0) is 63.7 Å². The zero-order valence-electron chi connectivity index (χ0n) is 28.0. The van der Waals surface area contributed by atoms with Crippen molar-refractivity contribution in [2.45, 2.75) is 179 Å². The molecule has 0 bridgehead atoms. The number of aliphatic hydroxyl groups excluding tert-OH is 2. The van der Waals surface area contributed by atoms with E-state index in [0.29, 0.717) is 25.7 Å². The number of nitrogens with one attached hydrogen (secondary N) is 1. The second-order valence-corrected chi connectivity index (χ2v) is 11.9. The highest BCUT2D eigenvalue weighted by Gasteiger charge is 2.40. The Kier molecular flexibility index (Phi) is 14.3. The molecule has 3 aliphatic rings. The lowest BCUT2D eigenvalue weighted by atomic mass is 9.85. The van der Waals surface area contributed by atoms with Gasteiger partial charge in [-0.3, -0.25) is 9.59 Å². The first-order valence-electron chi connectivity index (χ1n) is 17.7. The molecule has 38 heavy (non-hydrogen) atoms. The molecular weight excluding hydrogens is 478 g/mol. The fraction of sp³-hybridized carbons (Fsp3) is 0.938. The first-order valence-corrected chi connectivity index (χ1v) is 15.7. The molecule has 0 heterocycles. The van der Waals surface area contributed by atoms with Gasteiger partial charge in [-0.15, -0.1) is 0 Å². The molecule has 0 aromatic carbocycles. The summed E-state index contributed by atoms with van der Waals surface area (Å²) >= 11 is 0. The summed E-state index contributed by atoms with van der Waals surface area (Å²) in [5, 5.41) is 33.0. The van der Waals surface area contributed by atoms with E-state index >= 15 is 0 Å². The Bertz CT molecular complexity index is 771. The van der Waals surface area contributed by atoms with Crippen LogP contribution in [0.25, 0.3) is 0 Å². The lowest BCUT2D eigenvalue weighted by Crippen LogP contribution is -2.40. The number of carboxylic acid groups (broad SMARTS) is 1. The monoisotopic (exact) mass is 541 g/mol. The minimum atomic E-state index is -2.50. The van der Waals surface area contributed by atoms with Crippen molar-refractivity contribution in [3.63, 3.8) is 0 Å². The second-order valence-electron chi connectivity index (χ2n) is 11.9. The molecule has 4 atom stereocenters. The molecule has 3 rings (SSSR count). The number of rotatable bonds is 16. The van der Waals surface area contributed by atoms with Crippen LogP contribution in [0.2, 0.25) is 0 Å². The van der Waals surface area contributed by atoms with Crippen LogP contribution in [0, 0.1) is 11.8 Å². The summed E-state index contributed by atoms with van der Waals surface area (Å²) in [5.74, 6) is -2.17. The second kappa shape index (κ2) is 20.0. The van der Waals surface area contributed by atoms with Crippen molar-refractivity contribution in [2.24, 2.45) is 11.8 Å². The van der Waals surface area contributed by atoms with Gasteiger partial charge in [-0.2, -0.15) is 0 Å². The SMILES string of the molecule is C1CCC(NC2CCCCC2)CC1.[2H]C([2H])(CCC[C@H]1C(=O)C[C@@H](O)[C@@H]1CC[C@@H](O)CCCCC)C([2H])([2H])CC(=O)O. The van der Waals surface area contributed by atoms with Gasteiger partial charge >= 0.3 is 5.97 Å². The molecule has 6 nitrogen and oxygen atoms in total. The third-order valence-electron chi connectivity index (χ3n) is 8.67. The normalized spacial score (nSPS) is 28.0. The van der Waals surface area contributed by atoms with Gasteiger partial charge in [0.1, 0.15) is 5.78 Å². The predicted molar refractivity (Wildman–Crippen MR) is 154 cm³/mol. The number of hydrogen-bond donors (Lipinski definition) is 4. The Balaban J connectivity index is 0.000000389. The topological polar surface area (TPSA) is 107 Å². The number of carbonyl (C=O) groups excluding carboxylic acids is 1. The van der Waals surface area contributed by atoms with E-state index < -0.39 is 43.3 Å². The Morgan fingerprint density at radius 2 is 1.55 bits per heavy atom. The highest BCUT2D eigenvalue weighted by Crippen LogP contribution is 2.36. The summed E-state index contributed by atoms with van der Waals surface area (Å²) < 4.78 is 31.3. The summed E-state index contributed by atoms with van der Waals surface area (Å²) in [6, 6.07) is 1.74. The minimum absolute atomic E-state index is 0.0635. The maximum absolute atomic E-state index is 12.3. The zero-order valence-corrected chi connectivity index (χ0v) is 24.0. The summed E-state index contributed by atoms with van der Waals surface area (Å²) in [6.07, 6.45) is 12.8. The highest BCUT2D eigenvalue weighted by atomic mass is 16.4. The fourth-order valence-electron chi connectivity index (χ4n) is 6.45. The standard InChI is InChI=1S/C20H36O5.C12H23N/c1-2-3-6-9-15(21)12-13-17-16(18(22)14-19(17)23)10-7-4-5-8-11-20(24)25;1-3-7-11(8-4-1)13-12-9-5-2-6-10-12/h15-17,19,21,23H,2-14H2,1H3,(H,24,25);11-13H,1-10H2/t15-,16+,17+,19+;/m0./s1/i5D2,8D2;. The number of ketones is 1. The minimum Gasteiger partial charge on any atom is -0.481 e. The molecule has 6 heteroatoms. The van der Waals surface area contributed by atoms with Crippen molar-refractivity contribution >= 4 is 11.8 Å². The van der Waals surface area contributed by atoms with Gasteiger partial charge in [0.25, 0.3) is 0 Å². The van der Waals surface area contributed by atoms with E-state index in [1.807, 2.05) is 0 Å². The Morgan fingerprint density at radius 3 is 2.13 bits per heavy atom. The summed E-state index contributed by atoms with van der Waals surface area (Å²) in [5.41, 5.74) is 0. The van der Waals surface area contributed by atoms with Gasteiger partial charge in [-0.1, -0.05) is 83.9 Å². The smallest absolute Gasteiger partial charge is 0.303 e. The van der Waals surface area contributed by atoms with Gasteiger partial charge in [0, 0.05) is 36.3 Å². The molecule has 0 unspecified atom stereocenters. The number of Topliss-reactive ketones (excluding diaryl/α,β-unsaturated/α-hetero) is 1. The molecule has 0 saturated heterocycles. The van der Waals surface area contributed by atoms with E-state index in [9.17, 15) is 19.8 Å². The van der Waals surface area contributed by atoms with Crippen LogP contribution >= 0.6 is 0 Å². The third kappa shape index (κ3) is 13.9. The van der Waals surface area contributed by atoms with E-state index in [1.165, 1.54) is 64.2 Å². The van der Waals surface area contributed by atoms with Crippen LogP contribution in [0.5, 0.6) is 0 Å². The van der Waals surface area contributed by atoms with Crippen LogP contribution in [0.3, 0.4) is 0 Å². The van der Waals surface area contributed by atoms with Crippen LogP contribution in [-0.4, -0.2) is 51.4 Å². The van der Waals surface area contributed by atoms with Crippen LogP contribution < -0.4 is 5.32 Å². The van der Waals surface area contributed by atoms with Gasteiger partial charge < -0.3 is 20.6 Å². The largest absolute Gasteiger partial charge is 0.481 e.